The van der Waals surface area contributed by atoms with Crippen LogP contribution in [0.4, 0.5) is 5.69 Å². The average Bonchev–Trinajstić information content (AvgIpc) is 3.75. The van der Waals surface area contributed by atoms with Crippen molar-refractivity contribution in [3.8, 4) is 22.6 Å². The number of esters is 1. The monoisotopic (exact) mass is 889 g/mol. The van der Waals surface area contributed by atoms with Crippen molar-refractivity contribution in [2.24, 2.45) is 5.92 Å². The van der Waals surface area contributed by atoms with Crippen LogP contribution in [0.3, 0.4) is 0 Å². The summed E-state index contributed by atoms with van der Waals surface area (Å²) in [5.74, 6) is 1.50. The SMILES string of the molecule is CC[C@@H](Oc1ccc([C@H]2CCN(C)c3cc4c(cc3O2)CN(CC2CCCC2)[C@H](C(=O)N[C@@H](Cc2ccc(-c3ccnc(C)c3C)cc2)C(=O)OC)C4)cc1)c1cnc(Cl)c(Cl)c1. The van der Waals surface area contributed by atoms with E-state index in [1.165, 1.54) is 25.5 Å². The number of amides is 1. The van der Waals surface area contributed by atoms with Crippen molar-refractivity contribution < 1.29 is 23.8 Å². The maximum atomic E-state index is 14.5. The molecule has 63 heavy (non-hydrogen) atoms. The number of nitrogens with one attached hydrogen (secondary N) is 1. The Hall–Kier alpha value is -5.16. The average molecular weight is 891 g/mol. The predicted octanol–water partition coefficient (Wildman–Crippen LogP) is 10.4. The molecule has 10 nitrogen and oxygen atoms in total. The summed E-state index contributed by atoms with van der Waals surface area (Å²) in [6.45, 7) is 8.38. The third-order valence-electron chi connectivity index (χ3n) is 13.2. The summed E-state index contributed by atoms with van der Waals surface area (Å²) in [5, 5.41) is 3.83. The van der Waals surface area contributed by atoms with Crippen LogP contribution < -0.4 is 19.7 Å². The maximum absolute atomic E-state index is 14.5. The van der Waals surface area contributed by atoms with E-state index in [1.54, 1.807) is 6.20 Å². The molecule has 5 aromatic rings. The van der Waals surface area contributed by atoms with Gasteiger partial charge in [0.2, 0.25) is 5.91 Å². The molecule has 0 unspecified atom stereocenters. The van der Waals surface area contributed by atoms with Gasteiger partial charge in [0.1, 0.15) is 34.9 Å². The fraction of sp³-hybridized carbons (Fsp3) is 0.412. The van der Waals surface area contributed by atoms with E-state index in [9.17, 15) is 9.59 Å². The molecular weight excluding hydrogens is 833 g/mol. The molecule has 0 radical (unpaired) electrons. The van der Waals surface area contributed by atoms with Crippen LogP contribution >= 0.6 is 23.2 Å². The summed E-state index contributed by atoms with van der Waals surface area (Å²) in [7, 11) is 3.48. The van der Waals surface area contributed by atoms with Crippen LogP contribution in [0.15, 0.2) is 85.2 Å². The number of pyridine rings is 2. The van der Waals surface area contributed by atoms with Gasteiger partial charge < -0.3 is 24.4 Å². The lowest BCUT2D eigenvalue weighted by atomic mass is 9.90. The fourth-order valence-corrected chi connectivity index (χ4v) is 9.72. The van der Waals surface area contributed by atoms with Crippen molar-refractivity contribution >= 4 is 40.8 Å². The Morgan fingerprint density at radius 2 is 1.71 bits per heavy atom. The molecule has 1 fully saturated rings. The summed E-state index contributed by atoms with van der Waals surface area (Å²) < 4.78 is 18.5. The third-order valence-corrected chi connectivity index (χ3v) is 13.9. The van der Waals surface area contributed by atoms with Crippen molar-refractivity contribution in [3.63, 3.8) is 0 Å². The van der Waals surface area contributed by atoms with Gasteiger partial charge in [0.15, 0.2) is 0 Å². The Balaban J connectivity index is 0.991. The van der Waals surface area contributed by atoms with Gasteiger partial charge in [-0.25, -0.2) is 9.78 Å². The van der Waals surface area contributed by atoms with Crippen molar-refractivity contribution in [2.45, 2.75) is 103 Å². The second-order valence-electron chi connectivity index (χ2n) is 17.4. The lowest BCUT2D eigenvalue weighted by molar-refractivity contribution is -0.145. The number of anilines is 1. The molecule has 1 N–H and O–H groups in total. The highest BCUT2D eigenvalue weighted by Crippen LogP contribution is 2.42. The van der Waals surface area contributed by atoms with Crippen LogP contribution in [0.1, 0.15) is 96.7 Å². The van der Waals surface area contributed by atoms with E-state index in [2.05, 4.69) is 82.4 Å². The van der Waals surface area contributed by atoms with Crippen LogP contribution in [0.2, 0.25) is 10.2 Å². The first-order valence-electron chi connectivity index (χ1n) is 22.2. The van der Waals surface area contributed by atoms with Crippen molar-refractivity contribution in [1.82, 2.24) is 20.2 Å². The van der Waals surface area contributed by atoms with E-state index in [-0.39, 0.29) is 23.3 Å². The summed E-state index contributed by atoms with van der Waals surface area (Å²) in [6.07, 6.45) is 10.3. The summed E-state index contributed by atoms with van der Waals surface area (Å²) in [5.41, 5.74) is 10.5. The van der Waals surface area contributed by atoms with Crippen molar-refractivity contribution in [1.29, 1.82) is 0 Å². The quantitative estimate of drug-likeness (QED) is 0.0914. The maximum Gasteiger partial charge on any atom is 0.328 e. The number of halogens is 2. The van der Waals surface area contributed by atoms with Crippen LogP contribution in [0.5, 0.6) is 11.5 Å². The van der Waals surface area contributed by atoms with Gasteiger partial charge >= 0.3 is 5.97 Å². The zero-order valence-electron chi connectivity index (χ0n) is 36.8. The highest BCUT2D eigenvalue weighted by molar-refractivity contribution is 6.41. The molecule has 1 saturated carbocycles. The number of hydrogen-bond donors (Lipinski definition) is 1. The zero-order valence-corrected chi connectivity index (χ0v) is 38.3. The van der Waals surface area contributed by atoms with Gasteiger partial charge in [-0.1, -0.05) is 79.4 Å². The van der Waals surface area contributed by atoms with Gasteiger partial charge in [-0.15, -0.1) is 0 Å². The minimum absolute atomic E-state index is 0.153. The Morgan fingerprint density at radius 3 is 2.43 bits per heavy atom. The lowest BCUT2D eigenvalue weighted by Gasteiger charge is -2.38. The molecular formula is C51H57Cl2N5O5. The lowest BCUT2D eigenvalue weighted by Crippen LogP contribution is -2.55. The molecule has 2 aliphatic heterocycles. The van der Waals surface area contributed by atoms with Crippen LogP contribution in [0.25, 0.3) is 11.1 Å². The molecule has 4 atom stereocenters. The van der Waals surface area contributed by atoms with Crippen LogP contribution in [0, 0.1) is 19.8 Å². The number of aryl methyl sites for hydroxylation is 1. The second-order valence-corrected chi connectivity index (χ2v) is 18.1. The minimum Gasteiger partial charge on any atom is -0.486 e. The molecule has 3 aromatic carbocycles. The first-order chi connectivity index (χ1) is 30.5. The topological polar surface area (TPSA) is 106 Å². The van der Waals surface area contributed by atoms with E-state index < -0.39 is 18.1 Å². The van der Waals surface area contributed by atoms with Gasteiger partial charge in [-0.3, -0.25) is 14.7 Å². The number of rotatable bonds is 13. The first-order valence-corrected chi connectivity index (χ1v) is 23.0. The van der Waals surface area contributed by atoms with Crippen LogP contribution in [-0.4, -0.2) is 66.1 Å². The van der Waals surface area contributed by atoms with E-state index in [1.807, 2.05) is 49.5 Å². The summed E-state index contributed by atoms with van der Waals surface area (Å²) >= 11 is 12.3. The van der Waals surface area contributed by atoms with Gasteiger partial charge in [0.25, 0.3) is 0 Å². The molecule has 1 amide bonds. The van der Waals surface area contributed by atoms with E-state index >= 15 is 0 Å². The smallest absolute Gasteiger partial charge is 0.328 e. The molecule has 0 saturated heterocycles. The van der Waals surface area contributed by atoms with Crippen LogP contribution in [-0.2, 0) is 33.7 Å². The largest absolute Gasteiger partial charge is 0.486 e. The Morgan fingerprint density at radius 1 is 0.952 bits per heavy atom. The predicted molar refractivity (Wildman–Crippen MR) is 249 cm³/mol. The summed E-state index contributed by atoms with van der Waals surface area (Å²) in [4.78, 5) is 41.0. The molecule has 3 aliphatic rings. The third kappa shape index (κ3) is 10.1. The molecule has 8 rings (SSSR count). The standard InChI is InChI=1S/C51H57Cl2N5O5/c1-6-46(38-24-42(52)49(53)55-28-38)62-40-17-15-36(16-18-40)47-20-22-57(4)44-25-37-26-45(58(29-34-9-7-8-10-34)30-39(37)27-48(44)63-47)50(59)56-43(51(60)61-5)23-33-11-13-35(14-12-33)41-19-21-54-32(3)31(41)2/h11-19,21,24-25,27-28,34,43,45-47H,6-10,20,22-23,26,29-30H2,1-5H3,(H,56,59)/t43-,45-,46+,47+/m0/s1. The van der Waals surface area contributed by atoms with Gasteiger partial charge in [0, 0.05) is 63.2 Å². The zero-order chi connectivity index (χ0) is 44.2. The van der Waals surface area contributed by atoms with Gasteiger partial charge in [-0.05, 0) is 121 Å². The normalized spacial score (nSPS) is 18.7. The fourth-order valence-electron chi connectivity index (χ4n) is 9.44. The molecule has 330 valence electrons. The number of nitrogens with zero attached hydrogens (tertiary/aromatic N) is 4. The number of aromatic nitrogens is 2. The van der Waals surface area contributed by atoms with E-state index in [0.29, 0.717) is 30.3 Å². The van der Waals surface area contributed by atoms with Crippen molar-refractivity contribution in [3.05, 3.63) is 134 Å². The van der Waals surface area contributed by atoms with E-state index in [0.717, 1.165) is 101 Å². The number of benzene rings is 3. The molecule has 1 aliphatic carbocycles. The highest BCUT2D eigenvalue weighted by Gasteiger charge is 2.37. The Kier molecular flexibility index (Phi) is 13.9. The second kappa shape index (κ2) is 19.7. The summed E-state index contributed by atoms with van der Waals surface area (Å²) in [6, 6.07) is 23.3. The number of ether oxygens (including phenoxy) is 3. The number of methoxy groups -OCH3 is 1. The first kappa shape index (κ1) is 44.4. The number of carbonyl (C=O) groups excluding carboxylic acids is 2. The molecule has 4 heterocycles. The minimum atomic E-state index is -0.829. The Bertz CT molecular complexity index is 2420. The number of carbonyl (C=O) groups is 2. The van der Waals surface area contributed by atoms with Gasteiger partial charge in [-0.2, -0.15) is 0 Å². The number of hydrogen-bond acceptors (Lipinski definition) is 9. The molecule has 0 bridgehead atoms. The number of fused-ring (bicyclic) bond motifs is 2. The molecule has 2 aromatic heterocycles. The van der Waals surface area contributed by atoms with Gasteiger partial charge in [0.05, 0.1) is 23.9 Å². The molecule has 0 spiro atoms. The Labute approximate surface area is 381 Å². The van der Waals surface area contributed by atoms with E-state index in [4.69, 9.17) is 37.4 Å². The highest BCUT2D eigenvalue weighted by atomic mass is 35.5. The van der Waals surface area contributed by atoms with Crippen molar-refractivity contribution in [2.75, 3.05) is 32.1 Å². The molecule has 12 heteroatoms.